The monoisotopic (exact) mass is 305 g/mol. The quantitative estimate of drug-likeness (QED) is 0.767. The minimum Gasteiger partial charge on any atom is -0.444 e. The first-order valence-electron chi connectivity index (χ1n) is 6.93. The SMILES string of the molecule is CC(C)(C)OC(=O)N1CC[C@@H](N2CCCNS2(=O)=O)C1. The summed E-state index contributed by atoms with van der Waals surface area (Å²) >= 11 is 0. The molecule has 0 radical (unpaired) electrons. The molecule has 2 fully saturated rings. The van der Waals surface area contributed by atoms with Gasteiger partial charge in [-0.1, -0.05) is 0 Å². The standard InChI is InChI=1S/C12H23N3O4S/c1-12(2,3)19-11(16)14-8-5-10(9-14)15-7-4-6-13-20(15,17)18/h10,13H,4-9H2,1-3H3/t10-/m1/s1. The van der Waals surface area contributed by atoms with Gasteiger partial charge in [0.1, 0.15) is 5.60 Å². The van der Waals surface area contributed by atoms with Crippen molar-refractivity contribution >= 4 is 16.3 Å². The van der Waals surface area contributed by atoms with Crippen LogP contribution in [0.3, 0.4) is 0 Å². The Labute approximate surface area is 120 Å². The maximum Gasteiger partial charge on any atom is 0.410 e. The Bertz CT molecular complexity index is 472. The van der Waals surface area contributed by atoms with Gasteiger partial charge in [0.05, 0.1) is 0 Å². The van der Waals surface area contributed by atoms with E-state index in [1.807, 2.05) is 20.8 Å². The van der Waals surface area contributed by atoms with Crippen LogP contribution in [0.1, 0.15) is 33.6 Å². The van der Waals surface area contributed by atoms with Gasteiger partial charge in [-0.15, -0.1) is 0 Å². The minimum atomic E-state index is -3.39. The summed E-state index contributed by atoms with van der Waals surface area (Å²) in [5.74, 6) is 0. The number of hydrogen-bond acceptors (Lipinski definition) is 4. The molecule has 7 nitrogen and oxygen atoms in total. The fourth-order valence-corrected chi connectivity index (χ4v) is 3.99. The number of rotatable bonds is 1. The summed E-state index contributed by atoms with van der Waals surface area (Å²) < 4.78 is 33.2. The summed E-state index contributed by atoms with van der Waals surface area (Å²) in [5.41, 5.74) is -0.534. The first-order chi connectivity index (χ1) is 9.19. The van der Waals surface area contributed by atoms with Gasteiger partial charge in [-0.05, 0) is 33.6 Å². The van der Waals surface area contributed by atoms with E-state index in [9.17, 15) is 13.2 Å². The van der Waals surface area contributed by atoms with Crippen LogP contribution in [0.15, 0.2) is 0 Å². The molecule has 0 saturated carbocycles. The highest BCUT2D eigenvalue weighted by Crippen LogP contribution is 2.22. The molecule has 20 heavy (non-hydrogen) atoms. The largest absolute Gasteiger partial charge is 0.444 e. The molecule has 2 aliphatic heterocycles. The number of carbonyl (C=O) groups is 1. The predicted octanol–water partition coefficient (Wildman–Crippen LogP) is 0.536. The summed E-state index contributed by atoms with van der Waals surface area (Å²) in [5, 5.41) is 0. The fourth-order valence-electron chi connectivity index (χ4n) is 2.49. The molecule has 1 amide bonds. The molecular formula is C12H23N3O4S. The molecule has 2 heterocycles. The lowest BCUT2D eigenvalue weighted by Gasteiger charge is -2.31. The Balaban J connectivity index is 1.97. The highest BCUT2D eigenvalue weighted by Gasteiger charge is 2.38. The van der Waals surface area contributed by atoms with Crippen molar-refractivity contribution in [2.24, 2.45) is 0 Å². The second-order valence-electron chi connectivity index (χ2n) is 6.23. The smallest absolute Gasteiger partial charge is 0.410 e. The van der Waals surface area contributed by atoms with Crippen LogP contribution in [0.2, 0.25) is 0 Å². The van der Waals surface area contributed by atoms with Crippen LogP contribution in [0.5, 0.6) is 0 Å². The van der Waals surface area contributed by atoms with Gasteiger partial charge in [-0.2, -0.15) is 12.7 Å². The number of likely N-dealkylation sites (tertiary alicyclic amines) is 1. The highest BCUT2D eigenvalue weighted by atomic mass is 32.2. The van der Waals surface area contributed by atoms with E-state index in [0.29, 0.717) is 32.6 Å². The molecule has 116 valence electrons. The van der Waals surface area contributed by atoms with Crippen LogP contribution in [0.4, 0.5) is 4.79 Å². The van der Waals surface area contributed by atoms with Gasteiger partial charge in [-0.3, -0.25) is 0 Å². The fraction of sp³-hybridized carbons (Fsp3) is 0.917. The Kier molecular flexibility index (Phi) is 4.27. The minimum absolute atomic E-state index is 0.152. The first-order valence-corrected chi connectivity index (χ1v) is 8.37. The van der Waals surface area contributed by atoms with Crippen molar-refractivity contribution < 1.29 is 17.9 Å². The van der Waals surface area contributed by atoms with E-state index in [1.165, 1.54) is 4.31 Å². The lowest BCUT2D eigenvalue weighted by molar-refractivity contribution is 0.0286. The van der Waals surface area contributed by atoms with E-state index in [2.05, 4.69) is 4.72 Å². The highest BCUT2D eigenvalue weighted by molar-refractivity contribution is 7.87. The van der Waals surface area contributed by atoms with Gasteiger partial charge in [0.2, 0.25) is 0 Å². The van der Waals surface area contributed by atoms with Crippen LogP contribution < -0.4 is 4.72 Å². The van der Waals surface area contributed by atoms with Crippen molar-refractivity contribution in [2.75, 3.05) is 26.2 Å². The van der Waals surface area contributed by atoms with Crippen LogP contribution in [0.25, 0.3) is 0 Å². The first kappa shape index (κ1) is 15.5. The van der Waals surface area contributed by atoms with Crippen molar-refractivity contribution in [1.82, 2.24) is 13.9 Å². The van der Waals surface area contributed by atoms with Gasteiger partial charge >= 0.3 is 6.09 Å². The molecule has 0 bridgehead atoms. The van der Waals surface area contributed by atoms with Gasteiger partial charge in [0.25, 0.3) is 10.2 Å². The Morgan fingerprint density at radius 2 is 2.00 bits per heavy atom. The number of nitrogens with zero attached hydrogens (tertiary/aromatic N) is 2. The van der Waals surface area contributed by atoms with Crippen molar-refractivity contribution in [1.29, 1.82) is 0 Å². The van der Waals surface area contributed by atoms with Crippen molar-refractivity contribution in [2.45, 2.75) is 45.3 Å². The molecule has 0 aliphatic carbocycles. The van der Waals surface area contributed by atoms with E-state index in [-0.39, 0.29) is 12.1 Å². The van der Waals surface area contributed by atoms with Crippen LogP contribution in [-0.2, 0) is 14.9 Å². The lowest BCUT2D eigenvalue weighted by atomic mass is 10.2. The van der Waals surface area contributed by atoms with Crippen LogP contribution in [-0.4, -0.2) is 61.5 Å². The molecule has 1 N–H and O–H groups in total. The Morgan fingerprint density at radius 1 is 1.30 bits per heavy atom. The predicted molar refractivity (Wildman–Crippen MR) is 74.5 cm³/mol. The third kappa shape index (κ3) is 3.62. The third-order valence-electron chi connectivity index (χ3n) is 3.37. The number of ether oxygens (including phenoxy) is 1. The van der Waals surface area contributed by atoms with Gasteiger partial charge in [-0.25, -0.2) is 9.52 Å². The maximum atomic E-state index is 12.0. The second-order valence-corrected chi connectivity index (χ2v) is 7.94. The lowest BCUT2D eigenvalue weighted by Crippen LogP contribution is -2.52. The molecule has 1 atom stereocenters. The molecule has 0 unspecified atom stereocenters. The molecule has 2 aliphatic rings. The molecule has 0 spiro atoms. The number of hydrogen-bond donors (Lipinski definition) is 1. The molecule has 0 aromatic carbocycles. The normalized spacial score (nSPS) is 27.6. The molecule has 2 saturated heterocycles. The zero-order valence-electron chi connectivity index (χ0n) is 12.3. The summed E-state index contributed by atoms with van der Waals surface area (Å²) in [4.78, 5) is 13.6. The van der Waals surface area contributed by atoms with Crippen molar-refractivity contribution in [3.05, 3.63) is 0 Å². The Morgan fingerprint density at radius 3 is 2.60 bits per heavy atom. The average Bonchev–Trinajstić information content (AvgIpc) is 2.75. The van der Waals surface area contributed by atoms with Gasteiger partial charge in [0, 0.05) is 32.2 Å². The third-order valence-corrected chi connectivity index (χ3v) is 5.04. The van der Waals surface area contributed by atoms with Crippen molar-refractivity contribution in [3.63, 3.8) is 0 Å². The molecular weight excluding hydrogens is 282 g/mol. The zero-order valence-corrected chi connectivity index (χ0v) is 13.1. The number of amides is 1. The summed E-state index contributed by atoms with van der Waals surface area (Å²) in [7, 11) is -3.39. The maximum absolute atomic E-state index is 12.0. The molecule has 0 aromatic rings. The average molecular weight is 305 g/mol. The summed E-state index contributed by atoms with van der Waals surface area (Å²) in [6.45, 7) is 7.39. The van der Waals surface area contributed by atoms with E-state index in [1.54, 1.807) is 4.90 Å². The van der Waals surface area contributed by atoms with Gasteiger partial charge < -0.3 is 9.64 Å². The van der Waals surface area contributed by atoms with Gasteiger partial charge in [0.15, 0.2) is 0 Å². The zero-order chi connectivity index (χ0) is 15.0. The van der Waals surface area contributed by atoms with Crippen LogP contribution in [0, 0.1) is 0 Å². The van der Waals surface area contributed by atoms with E-state index >= 15 is 0 Å². The topological polar surface area (TPSA) is 79.0 Å². The summed E-state index contributed by atoms with van der Waals surface area (Å²) in [6.07, 6.45) is 1.07. The molecule has 2 rings (SSSR count). The number of nitrogens with one attached hydrogen (secondary N) is 1. The van der Waals surface area contributed by atoms with Crippen molar-refractivity contribution in [3.8, 4) is 0 Å². The van der Waals surface area contributed by atoms with Crippen LogP contribution >= 0.6 is 0 Å². The van der Waals surface area contributed by atoms with E-state index < -0.39 is 15.8 Å². The molecule has 8 heteroatoms. The summed E-state index contributed by atoms with van der Waals surface area (Å²) in [6, 6.07) is -0.152. The Hall–Kier alpha value is -0.860. The van der Waals surface area contributed by atoms with E-state index in [0.717, 1.165) is 6.42 Å². The number of carbonyl (C=O) groups excluding carboxylic acids is 1. The molecule has 0 aromatic heterocycles. The second kappa shape index (κ2) is 5.50. The van der Waals surface area contributed by atoms with E-state index in [4.69, 9.17) is 4.74 Å².